The van der Waals surface area contributed by atoms with Crippen molar-refractivity contribution in [1.29, 1.82) is 0 Å². The summed E-state index contributed by atoms with van der Waals surface area (Å²) in [5, 5.41) is 9.44. The molecule has 5 nitrogen and oxygen atoms in total. The third-order valence-corrected chi connectivity index (χ3v) is 4.36. The van der Waals surface area contributed by atoms with Gasteiger partial charge >= 0.3 is 5.97 Å². The number of rotatable bonds is 2. The number of fused-ring (bicyclic) bond motifs is 1. The van der Waals surface area contributed by atoms with Gasteiger partial charge in [-0.05, 0) is 17.5 Å². The summed E-state index contributed by atoms with van der Waals surface area (Å²) < 4.78 is 0. The third kappa shape index (κ3) is 2.08. The van der Waals surface area contributed by atoms with Gasteiger partial charge in [-0.3, -0.25) is 14.5 Å². The Morgan fingerprint density at radius 2 is 2.10 bits per heavy atom. The molecule has 20 heavy (non-hydrogen) atoms. The van der Waals surface area contributed by atoms with Crippen LogP contribution in [0.15, 0.2) is 24.3 Å². The molecular weight excluding hydrogens is 256 g/mol. The first-order valence-corrected chi connectivity index (χ1v) is 6.87. The second-order valence-electron chi connectivity index (χ2n) is 5.58. The molecule has 0 saturated carbocycles. The molecule has 0 aromatic heterocycles. The molecule has 1 fully saturated rings. The van der Waals surface area contributed by atoms with Crippen LogP contribution in [0, 0.1) is 0 Å². The third-order valence-electron chi connectivity index (χ3n) is 4.36. The second kappa shape index (κ2) is 4.90. The topological polar surface area (TPSA) is 60.9 Å². The highest BCUT2D eigenvalue weighted by Crippen LogP contribution is 2.31. The van der Waals surface area contributed by atoms with Gasteiger partial charge in [0.2, 0.25) is 5.91 Å². The van der Waals surface area contributed by atoms with E-state index < -0.39 is 11.9 Å². The molecule has 1 aromatic carbocycles. The van der Waals surface area contributed by atoms with Crippen LogP contribution >= 0.6 is 0 Å². The summed E-state index contributed by atoms with van der Waals surface area (Å²) in [4.78, 5) is 27.4. The Kier molecular flexibility index (Phi) is 3.22. The summed E-state index contributed by atoms with van der Waals surface area (Å²) in [5.41, 5.74) is 1.91. The molecule has 2 aliphatic rings. The van der Waals surface area contributed by atoms with E-state index in [-0.39, 0.29) is 11.9 Å². The maximum atomic E-state index is 12.1. The van der Waals surface area contributed by atoms with Crippen molar-refractivity contribution in [1.82, 2.24) is 9.80 Å². The van der Waals surface area contributed by atoms with Crippen LogP contribution < -0.4 is 0 Å². The van der Waals surface area contributed by atoms with Gasteiger partial charge < -0.3 is 10.0 Å². The number of hydrogen-bond donors (Lipinski definition) is 1. The van der Waals surface area contributed by atoms with E-state index in [0.29, 0.717) is 13.1 Å². The highest BCUT2D eigenvalue weighted by molar-refractivity contribution is 5.84. The van der Waals surface area contributed by atoms with Crippen LogP contribution in [0.2, 0.25) is 0 Å². The molecule has 0 spiro atoms. The minimum Gasteiger partial charge on any atom is -0.481 e. The molecule has 1 amide bonds. The van der Waals surface area contributed by atoms with E-state index in [1.165, 1.54) is 0 Å². The Balaban J connectivity index is 1.90. The summed E-state index contributed by atoms with van der Waals surface area (Å²) in [7, 11) is 1.80. The smallest absolute Gasteiger partial charge is 0.312 e. The normalized spacial score (nSPS) is 26.6. The highest BCUT2D eigenvalue weighted by Gasteiger charge is 2.39. The maximum absolute atomic E-state index is 12.1. The lowest BCUT2D eigenvalue weighted by molar-refractivity contribution is -0.141. The number of likely N-dealkylation sites (tertiary alicyclic amines) is 1. The van der Waals surface area contributed by atoms with Gasteiger partial charge in [0.15, 0.2) is 0 Å². The quantitative estimate of drug-likeness (QED) is 0.870. The fraction of sp³-hybridized carbons (Fsp3) is 0.467. The number of carbonyl (C=O) groups is 2. The van der Waals surface area contributed by atoms with Crippen LogP contribution in [0.3, 0.4) is 0 Å². The zero-order chi connectivity index (χ0) is 14.3. The molecule has 0 bridgehead atoms. The highest BCUT2D eigenvalue weighted by atomic mass is 16.4. The van der Waals surface area contributed by atoms with Gasteiger partial charge in [0.25, 0.3) is 0 Å². The zero-order valence-corrected chi connectivity index (χ0v) is 11.5. The first-order chi connectivity index (χ1) is 9.58. The Morgan fingerprint density at radius 3 is 2.75 bits per heavy atom. The second-order valence-corrected chi connectivity index (χ2v) is 5.58. The standard InChI is InChI=1S/C15H18N2O3/c1-16-7-6-13(14(16)18)17-8-10-4-2-3-5-11(10)12(9-17)15(19)20/h2-5,12-13H,6-9H2,1H3,(H,19,20). The Labute approximate surface area is 117 Å². The molecule has 2 unspecified atom stereocenters. The van der Waals surface area contributed by atoms with Crippen LogP contribution in [0.4, 0.5) is 0 Å². The van der Waals surface area contributed by atoms with Gasteiger partial charge in [0.1, 0.15) is 0 Å². The van der Waals surface area contributed by atoms with Crippen molar-refractivity contribution in [2.45, 2.75) is 24.9 Å². The van der Waals surface area contributed by atoms with Crippen molar-refractivity contribution in [2.75, 3.05) is 20.1 Å². The largest absolute Gasteiger partial charge is 0.481 e. The molecule has 0 aliphatic carbocycles. The summed E-state index contributed by atoms with van der Waals surface area (Å²) in [6, 6.07) is 7.47. The number of aliphatic carboxylic acids is 1. The van der Waals surface area contributed by atoms with E-state index in [1.54, 1.807) is 11.9 Å². The Bertz CT molecular complexity index is 558. The summed E-state index contributed by atoms with van der Waals surface area (Å²) in [5.74, 6) is -1.26. The number of carboxylic acids is 1. The van der Waals surface area contributed by atoms with Crippen molar-refractivity contribution in [3.05, 3.63) is 35.4 Å². The maximum Gasteiger partial charge on any atom is 0.312 e. The lowest BCUT2D eigenvalue weighted by Gasteiger charge is -2.35. The van der Waals surface area contributed by atoms with E-state index in [1.807, 2.05) is 29.2 Å². The minimum absolute atomic E-state index is 0.105. The number of likely N-dealkylation sites (N-methyl/N-ethyl adjacent to an activating group) is 1. The van der Waals surface area contributed by atoms with Gasteiger partial charge in [0.05, 0.1) is 12.0 Å². The number of benzene rings is 1. The van der Waals surface area contributed by atoms with Gasteiger partial charge in [-0.2, -0.15) is 0 Å². The summed E-state index contributed by atoms with van der Waals surface area (Å²) >= 11 is 0. The van der Waals surface area contributed by atoms with E-state index >= 15 is 0 Å². The molecule has 3 rings (SSSR count). The van der Waals surface area contributed by atoms with Crippen molar-refractivity contribution >= 4 is 11.9 Å². The molecule has 106 valence electrons. The van der Waals surface area contributed by atoms with Crippen LogP contribution in [-0.2, 0) is 16.1 Å². The number of hydrogen-bond acceptors (Lipinski definition) is 3. The first-order valence-electron chi connectivity index (χ1n) is 6.87. The van der Waals surface area contributed by atoms with Crippen molar-refractivity contribution in [2.24, 2.45) is 0 Å². The predicted octanol–water partition coefficient (Wildman–Crippen LogP) is 0.901. The first kappa shape index (κ1) is 13.1. The zero-order valence-electron chi connectivity index (χ0n) is 11.5. The fourth-order valence-electron chi connectivity index (χ4n) is 3.23. The van der Waals surface area contributed by atoms with Crippen LogP contribution in [0.25, 0.3) is 0 Å². The van der Waals surface area contributed by atoms with Crippen LogP contribution in [0.1, 0.15) is 23.5 Å². The summed E-state index contributed by atoms with van der Waals surface area (Å²) in [6.07, 6.45) is 0.782. The van der Waals surface area contributed by atoms with Crippen molar-refractivity contribution in [3.63, 3.8) is 0 Å². The van der Waals surface area contributed by atoms with E-state index in [2.05, 4.69) is 0 Å². The van der Waals surface area contributed by atoms with Crippen LogP contribution in [0.5, 0.6) is 0 Å². The molecular formula is C15H18N2O3. The number of nitrogens with zero attached hydrogens (tertiary/aromatic N) is 2. The summed E-state index contributed by atoms with van der Waals surface area (Å²) in [6.45, 7) is 1.82. The van der Waals surface area contributed by atoms with Crippen LogP contribution in [-0.4, -0.2) is 53.0 Å². The van der Waals surface area contributed by atoms with E-state index in [4.69, 9.17) is 0 Å². The molecule has 2 aliphatic heterocycles. The predicted molar refractivity (Wildman–Crippen MR) is 73.3 cm³/mol. The van der Waals surface area contributed by atoms with E-state index in [9.17, 15) is 14.7 Å². The fourth-order valence-corrected chi connectivity index (χ4v) is 3.23. The van der Waals surface area contributed by atoms with Gasteiger partial charge in [-0.25, -0.2) is 0 Å². The molecule has 0 radical (unpaired) electrons. The monoisotopic (exact) mass is 274 g/mol. The van der Waals surface area contributed by atoms with Gasteiger partial charge in [-0.1, -0.05) is 24.3 Å². The molecule has 5 heteroatoms. The van der Waals surface area contributed by atoms with Crippen molar-refractivity contribution in [3.8, 4) is 0 Å². The number of carboxylic acid groups (broad SMARTS) is 1. The lowest BCUT2D eigenvalue weighted by Crippen LogP contribution is -2.46. The molecule has 2 heterocycles. The average Bonchev–Trinajstić information content (AvgIpc) is 2.77. The minimum atomic E-state index is -0.819. The van der Waals surface area contributed by atoms with E-state index in [0.717, 1.165) is 24.1 Å². The number of carbonyl (C=O) groups excluding carboxylic acids is 1. The lowest BCUT2D eigenvalue weighted by atomic mass is 9.89. The molecule has 1 aromatic rings. The molecule has 1 saturated heterocycles. The Hall–Kier alpha value is -1.88. The average molecular weight is 274 g/mol. The van der Waals surface area contributed by atoms with Gasteiger partial charge in [0, 0.05) is 26.7 Å². The Morgan fingerprint density at radius 1 is 1.35 bits per heavy atom. The SMILES string of the molecule is CN1CCC(N2Cc3ccccc3C(C(=O)O)C2)C1=O. The molecule has 2 atom stereocenters. The van der Waals surface area contributed by atoms with Crippen molar-refractivity contribution < 1.29 is 14.7 Å². The molecule has 1 N–H and O–H groups in total. The number of amides is 1. The van der Waals surface area contributed by atoms with Gasteiger partial charge in [-0.15, -0.1) is 0 Å².